The van der Waals surface area contributed by atoms with Crippen molar-refractivity contribution in [3.8, 4) is 0 Å². The summed E-state index contributed by atoms with van der Waals surface area (Å²) in [7, 11) is 0. The van der Waals surface area contributed by atoms with Crippen LogP contribution in [0.1, 0.15) is 15.9 Å². The first-order valence-electron chi connectivity index (χ1n) is 5.01. The lowest BCUT2D eigenvalue weighted by molar-refractivity contribution is 0.102. The lowest BCUT2D eigenvalue weighted by atomic mass is 10.2. The van der Waals surface area contributed by atoms with E-state index in [0.29, 0.717) is 11.4 Å². The van der Waals surface area contributed by atoms with E-state index in [1.807, 2.05) is 19.1 Å². The van der Waals surface area contributed by atoms with Crippen LogP contribution >= 0.6 is 11.6 Å². The highest BCUT2D eigenvalue weighted by atomic mass is 35.5. The molecule has 2 aromatic heterocycles. The van der Waals surface area contributed by atoms with Gasteiger partial charge < -0.3 is 5.32 Å². The summed E-state index contributed by atoms with van der Waals surface area (Å²) in [6.07, 6.45) is 3.12. The number of nitrogens with one attached hydrogen (secondary N) is 1. The maximum absolute atomic E-state index is 11.9. The lowest BCUT2D eigenvalue weighted by Gasteiger charge is -2.06. The Kier molecular flexibility index (Phi) is 3.35. The number of carbonyl (C=O) groups excluding carboxylic acids is 1. The zero-order chi connectivity index (χ0) is 12.3. The summed E-state index contributed by atoms with van der Waals surface area (Å²) >= 11 is 5.72. The van der Waals surface area contributed by atoms with Gasteiger partial charge in [0.2, 0.25) is 0 Å². The number of aromatic nitrogens is 2. The second-order valence-electron chi connectivity index (χ2n) is 3.49. The molecule has 2 heterocycles. The van der Waals surface area contributed by atoms with Crippen LogP contribution in [0.3, 0.4) is 0 Å². The quantitative estimate of drug-likeness (QED) is 0.830. The Labute approximate surface area is 104 Å². The number of anilines is 1. The molecule has 0 atom stereocenters. The number of nitrogens with zero attached hydrogens (tertiary/aromatic N) is 2. The molecule has 0 radical (unpaired) electrons. The van der Waals surface area contributed by atoms with E-state index in [2.05, 4.69) is 15.3 Å². The van der Waals surface area contributed by atoms with Crippen LogP contribution < -0.4 is 5.32 Å². The highest BCUT2D eigenvalue weighted by Gasteiger charge is 2.08. The van der Waals surface area contributed by atoms with Crippen molar-refractivity contribution in [2.24, 2.45) is 0 Å². The molecule has 0 spiro atoms. The lowest BCUT2D eigenvalue weighted by Crippen LogP contribution is -2.13. The van der Waals surface area contributed by atoms with Crippen LogP contribution in [0.2, 0.25) is 5.15 Å². The van der Waals surface area contributed by atoms with Gasteiger partial charge in [-0.05, 0) is 30.7 Å². The van der Waals surface area contributed by atoms with Crippen molar-refractivity contribution in [3.63, 3.8) is 0 Å². The molecule has 1 N–H and O–H groups in total. The van der Waals surface area contributed by atoms with Gasteiger partial charge in [0, 0.05) is 18.0 Å². The van der Waals surface area contributed by atoms with Crippen molar-refractivity contribution in [2.45, 2.75) is 6.92 Å². The first-order valence-corrected chi connectivity index (χ1v) is 5.39. The monoisotopic (exact) mass is 247 g/mol. The summed E-state index contributed by atoms with van der Waals surface area (Å²) in [6, 6.07) is 6.80. The summed E-state index contributed by atoms with van der Waals surface area (Å²) in [5.74, 6) is 0.293. The van der Waals surface area contributed by atoms with Gasteiger partial charge in [0.1, 0.15) is 11.0 Å². The fourth-order valence-electron chi connectivity index (χ4n) is 1.34. The third-order valence-electron chi connectivity index (χ3n) is 2.23. The molecule has 0 saturated heterocycles. The number of amides is 1. The molecule has 0 aliphatic rings. The molecule has 0 bridgehead atoms. The van der Waals surface area contributed by atoms with Gasteiger partial charge in [-0.3, -0.25) is 4.79 Å². The molecule has 0 saturated carbocycles. The zero-order valence-electron chi connectivity index (χ0n) is 9.14. The molecular formula is C12H10ClN3O. The number of hydrogen-bond donors (Lipinski definition) is 1. The van der Waals surface area contributed by atoms with E-state index in [1.54, 1.807) is 12.3 Å². The van der Waals surface area contributed by atoms with Crippen molar-refractivity contribution in [1.29, 1.82) is 0 Å². The van der Waals surface area contributed by atoms with Crippen LogP contribution in [0.4, 0.5) is 5.82 Å². The van der Waals surface area contributed by atoms with Crippen LogP contribution in [0, 0.1) is 6.92 Å². The van der Waals surface area contributed by atoms with Gasteiger partial charge in [-0.15, -0.1) is 0 Å². The Balaban J connectivity index is 2.20. The average molecular weight is 248 g/mol. The number of pyridine rings is 2. The number of rotatable bonds is 2. The highest BCUT2D eigenvalue weighted by molar-refractivity contribution is 6.29. The van der Waals surface area contributed by atoms with Crippen LogP contribution in [-0.2, 0) is 0 Å². The van der Waals surface area contributed by atoms with Gasteiger partial charge in [-0.1, -0.05) is 17.7 Å². The molecule has 0 fully saturated rings. The minimum atomic E-state index is -0.254. The fraction of sp³-hybridized carbons (Fsp3) is 0.0833. The van der Waals surface area contributed by atoms with Crippen LogP contribution in [-0.4, -0.2) is 15.9 Å². The van der Waals surface area contributed by atoms with E-state index >= 15 is 0 Å². The highest BCUT2D eigenvalue weighted by Crippen LogP contribution is 2.12. The van der Waals surface area contributed by atoms with Gasteiger partial charge in [0.15, 0.2) is 0 Å². The minimum absolute atomic E-state index is 0.254. The third kappa shape index (κ3) is 2.79. The molecule has 17 heavy (non-hydrogen) atoms. The van der Waals surface area contributed by atoms with Crippen molar-refractivity contribution in [2.75, 3.05) is 5.32 Å². The smallest absolute Gasteiger partial charge is 0.256 e. The van der Waals surface area contributed by atoms with Crippen LogP contribution in [0.15, 0.2) is 36.7 Å². The van der Waals surface area contributed by atoms with Gasteiger partial charge in [-0.2, -0.15) is 0 Å². The summed E-state index contributed by atoms with van der Waals surface area (Å²) < 4.78 is 0. The Morgan fingerprint density at radius 2 is 2.12 bits per heavy atom. The summed E-state index contributed by atoms with van der Waals surface area (Å²) in [5, 5.41) is 3.00. The van der Waals surface area contributed by atoms with Crippen LogP contribution in [0.5, 0.6) is 0 Å². The van der Waals surface area contributed by atoms with E-state index in [9.17, 15) is 4.79 Å². The molecule has 1 amide bonds. The summed E-state index contributed by atoms with van der Waals surface area (Å²) in [4.78, 5) is 19.8. The van der Waals surface area contributed by atoms with Gasteiger partial charge >= 0.3 is 0 Å². The second-order valence-corrected chi connectivity index (χ2v) is 3.88. The number of halogens is 1. The molecule has 0 aromatic carbocycles. The van der Waals surface area contributed by atoms with Gasteiger partial charge in [-0.25, -0.2) is 9.97 Å². The largest absolute Gasteiger partial charge is 0.306 e. The average Bonchev–Trinajstić information content (AvgIpc) is 2.32. The molecule has 0 unspecified atom stereocenters. The summed E-state index contributed by atoms with van der Waals surface area (Å²) in [5.41, 5.74) is 1.36. The zero-order valence-corrected chi connectivity index (χ0v) is 9.90. The fourth-order valence-corrected chi connectivity index (χ4v) is 1.51. The van der Waals surface area contributed by atoms with Gasteiger partial charge in [0.05, 0.1) is 0 Å². The Morgan fingerprint density at radius 1 is 1.29 bits per heavy atom. The Morgan fingerprint density at radius 3 is 2.82 bits per heavy atom. The van der Waals surface area contributed by atoms with E-state index in [0.717, 1.165) is 5.56 Å². The predicted octanol–water partition coefficient (Wildman–Crippen LogP) is 2.69. The Hall–Kier alpha value is -1.94. The normalized spacial score (nSPS) is 10.0. The molecule has 2 rings (SSSR count). The SMILES string of the molecule is Cc1cccnc1NC(=O)c1ccnc(Cl)c1. The summed E-state index contributed by atoms with van der Waals surface area (Å²) in [6.45, 7) is 1.88. The molecule has 4 nitrogen and oxygen atoms in total. The van der Waals surface area contributed by atoms with Crippen molar-refractivity contribution in [1.82, 2.24) is 9.97 Å². The van der Waals surface area contributed by atoms with Crippen molar-refractivity contribution < 1.29 is 4.79 Å². The van der Waals surface area contributed by atoms with Crippen molar-refractivity contribution >= 4 is 23.3 Å². The van der Waals surface area contributed by atoms with Gasteiger partial charge in [0.25, 0.3) is 5.91 Å². The standard InChI is InChI=1S/C12H10ClN3O/c1-8-3-2-5-15-11(8)16-12(17)9-4-6-14-10(13)7-9/h2-7H,1H3,(H,15,16,17). The van der Waals surface area contributed by atoms with E-state index in [1.165, 1.54) is 12.3 Å². The van der Waals surface area contributed by atoms with E-state index < -0.39 is 0 Å². The third-order valence-corrected chi connectivity index (χ3v) is 2.44. The van der Waals surface area contributed by atoms with Crippen LogP contribution in [0.25, 0.3) is 0 Å². The molecule has 5 heteroatoms. The topological polar surface area (TPSA) is 54.9 Å². The number of carbonyl (C=O) groups is 1. The molecule has 0 aliphatic carbocycles. The first-order chi connectivity index (χ1) is 8.16. The maximum atomic E-state index is 11.9. The predicted molar refractivity (Wildman–Crippen MR) is 66.2 cm³/mol. The van der Waals surface area contributed by atoms with Crippen molar-refractivity contribution in [3.05, 3.63) is 52.9 Å². The number of hydrogen-bond acceptors (Lipinski definition) is 3. The molecular weight excluding hydrogens is 238 g/mol. The molecule has 86 valence electrons. The first kappa shape index (κ1) is 11.5. The second kappa shape index (κ2) is 4.93. The minimum Gasteiger partial charge on any atom is -0.306 e. The molecule has 0 aliphatic heterocycles. The maximum Gasteiger partial charge on any atom is 0.256 e. The molecule has 2 aromatic rings. The van der Waals surface area contributed by atoms with E-state index in [4.69, 9.17) is 11.6 Å². The Bertz CT molecular complexity index is 557. The van der Waals surface area contributed by atoms with E-state index in [-0.39, 0.29) is 11.1 Å². The number of aryl methyl sites for hydroxylation is 1.